The van der Waals surface area contributed by atoms with Gasteiger partial charge in [-0.25, -0.2) is 0 Å². The van der Waals surface area contributed by atoms with Crippen LogP contribution < -0.4 is 5.32 Å². The van der Waals surface area contributed by atoms with E-state index in [-0.39, 0.29) is 0 Å². The molecule has 0 bridgehead atoms. The largest absolute Gasteiger partial charge is 0.354 e. The molecule has 2 nitrogen and oxygen atoms in total. The molecule has 0 saturated heterocycles. The van der Waals surface area contributed by atoms with Crippen molar-refractivity contribution in [3.63, 3.8) is 0 Å². The molecule has 0 unspecified atom stereocenters. The molecule has 0 atom stereocenters. The molecule has 0 spiro atoms. The van der Waals surface area contributed by atoms with Gasteiger partial charge in [0.25, 0.3) is 0 Å². The van der Waals surface area contributed by atoms with Gasteiger partial charge in [-0.3, -0.25) is 0 Å². The van der Waals surface area contributed by atoms with Gasteiger partial charge in [-0.1, -0.05) is 24.3 Å². The summed E-state index contributed by atoms with van der Waals surface area (Å²) >= 11 is 0. The lowest BCUT2D eigenvalue weighted by Gasteiger charge is -2.11. The molecule has 0 amide bonds. The van der Waals surface area contributed by atoms with Crippen LogP contribution in [0.25, 0.3) is 0 Å². The lowest BCUT2D eigenvalue weighted by molar-refractivity contribution is 1.38. The lowest BCUT2D eigenvalue weighted by atomic mass is 10.1. The zero-order valence-corrected chi connectivity index (χ0v) is 9.99. The van der Waals surface area contributed by atoms with Crippen LogP contribution in [-0.4, -0.2) is 0 Å². The number of benzene rings is 2. The molecule has 0 aliphatic carbocycles. The number of anilines is 2. The van der Waals surface area contributed by atoms with Gasteiger partial charge in [0.05, 0.1) is 11.3 Å². The number of aryl methyl sites for hydroxylation is 2. The minimum Gasteiger partial charge on any atom is -0.354 e. The summed E-state index contributed by atoms with van der Waals surface area (Å²) < 4.78 is 0. The molecule has 0 aromatic heterocycles. The fourth-order valence-corrected chi connectivity index (χ4v) is 1.79. The van der Waals surface area contributed by atoms with Gasteiger partial charge in [-0.15, -0.1) is 0 Å². The van der Waals surface area contributed by atoms with E-state index in [0.29, 0.717) is 5.56 Å². The summed E-state index contributed by atoms with van der Waals surface area (Å²) in [5.41, 5.74) is 4.84. The number of hydrogen-bond donors (Lipinski definition) is 1. The monoisotopic (exact) mass is 222 g/mol. The van der Waals surface area contributed by atoms with Crippen LogP contribution in [0.4, 0.5) is 11.4 Å². The van der Waals surface area contributed by atoms with Crippen molar-refractivity contribution in [2.24, 2.45) is 0 Å². The highest BCUT2D eigenvalue weighted by Gasteiger charge is 2.05. The van der Waals surface area contributed by atoms with E-state index in [1.807, 2.05) is 50.2 Å². The highest BCUT2D eigenvalue weighted by atomic mass is 14.9. The maximum absolute atomic E-state index is 9.09. The number of hydrogen-bond acceptors (Lipinski definition) is 2. The minimum absolute atomic E-state index is 0.673. The maximum atomic E-state index is 9.09. The summed E-state index contributed by atoms with van der Waals surface area (Å²) in [4.78, 5) is 0. The predicted octanol–water partition coefficient (Wildman–Crippen LogP) is 3.92. The minimum atomic E-state index is 0.673. The third-order valence-electron chi connectivity index (χ3n) is 2.68. The summed E-state index contributed by atoms with van der Waals surface area (Å²) in [5.74, 6) is 0. The summed E-state index contributed by atoms with van der Waals surface area (Å²) in [5, 5.41) is 12.4. The molecule has 0 aliphatic heterocycles. The Hall–Kier alpha value is -2.27. The van der Waals surface area contributed by atoms with Crippen molar-refractivity contribution in [1.82, 2.24) is 0 Å². The lowest BCUT2D eigenvalue weighted by Crippen LogP contribution is -1.96. The van der Waals surface area contributed by atoms with Crippen LogP contribution in [0.5, 0.6) is 0 Å². The van der Waals surface area contributed by atoms with Crippen LogP contribution in [0, 0.1) is 25.2 Å². The quantitative estimate of drug-likeness (QED) is 0.836. The average molecular weight is 222 g/mol. The van der Waals surface area contributed by atoms with Crippen molar-refractivity contribution in [3.05, 3.63) is 59.2 Å². The van der Waals surface area contributed by atoms with E-state index in [0.717, 1.165) is 16.9 Å². The van der Waals surface area contributed by atoms with E-state index in [9.17, 15) is 0 Å². The van der Waals surface area contributed by atoms with Gasteiger partial charge in [-0.05, 0) is 43.2 Å². The maximum Gasteiger partial charge on any atom is 0.101 e. The average Bonchev–Trinajstić information content (AvgIpc) is 2.32. The Morgan fingerprint density at radius 1 is 1.06 bits per heavy atom. The van der Waals surface area contributed by atoms with Gasteiger partial charge < -0.3 is 5.32 Å². The molecular formula is C15H14N2. The number of para-hydroxylation sites is 1. The first-order valence-electron chi connectivity index (χ1n) is 5.54. The summed E-state index contributed by atoms with van der Waals surface area (Å²) in [6.45, 7) is 4.05. The van der Waals surface area contributed by atoms with Gasteiger partial charge in [0, 0.05) is 5.69 Å². The van der Waals surface area contributed by atoms with Gasteiger partial charge in [-0.2, -0.15) is 5.26 Å². The Kier molecular flexibility index (Phi) is 3.11. The molecule has 17 heavy (non-hydrogen) atoms. The standard InChI is InChI=1S/C15H14N2/c1-11-5-3-8-14(9-11)17-15-12(2)6-4-7-13(15)10-16/h3-9,17H,1-2H3. The topological polar surface area (TPSA) is 35.8 Å². The molecular weight excluding hydrogens is 208 g/mol. The number of nitriles is 1. The zero-order valence-electron chi connectivity index (χ0n) is 9.99. The van der Waals surface area contributed by atoms with E-state index in [1.165, 1.54) is 5.56 Å². The van der Waals surface area contributed by atoms with E-state index < -0.39 is 0 Å². The highest BCUT2D eigenvalue weighted by Crippen LogP contribution is 2.24. The van der Waals surface area contributed by atoms with E-state index in [4.69, 9.17) is 5.26 Å². The third-order valence-corrected chi connectivity index (χ3v) is 2.68. The van der Waals surface area contributed by atoms with E-state index in [2.05, 4.69) is 17.5 Å². The molecule has 0 radical (unpaired) electrons. The van der Waals surface area contributed by atoms with Crippen molar-refractivity contribution in [2.75, 3.05) is 5.32 Å². The fraction of sp³-hybridized carbons (Fsp3) is 0.133. The van der Waals surface area contributed by atoms with Crippen LogP contribution in [0.1, 0.15) is 16.7 Å². The van der Waals surface area contributed by atoms with Crippen molar-refractivity contribution < 1.29 is 0 Å². The van der Waals surface area contributed by atoms with Crippen molar-refractivity contribution >= 4 is 11.4 Å². The predicted molar refractivity (Wildman–Crippen MR) is 70.4 cm³/mol. The van der Waals surface area contributed by atoms with E-state index in [1.54, 1.807) is 0 Å². The summed E-state index contributed by atoms with van der Waals surface area (Å²) in [7, 11) is 0. The van der Waals surface area contributed by atoms with Crippen LogP contribution in [0.15, 0.2) is 42.5 Å². The second-order valence-electron chi connectivity index (χ2n) is 4.10. The van der Waals surface area contributed by atoms with Crippen molar-refractivity contribution in [3.8, 4) is 6.07 Å². The highest BCUT2D eigenvalue weighted by molar-refractivity contribution is 5.70. The van der Waals surface area contributed by atoms with E-state index >= 15 is 0 Å². The second kappa shape index (κ2) is 4.71. The molecule has 84 valence electrons. The smallest absolute Gasteiger partial charge is 0.101 e. The summed E-state index contributed by atoms with van der Waals surface area (Å²) in [6, 6.07) is 16.0. The molecule has 2 aromatic rings. The van der Waals surface area contributed by atoms with Crippen LogP contribution in [0.2, 0.25) is 0 Å². The Labute approximate surface area is 102 Å². The number of nitrogens with one attached hydrogen (secondary N) is 1. The van der Waals surface area contributed by atoms with Crippen LogP contribution in [0.3, 0.4) is 0 Å². The summed E-state index contributed by atoms with van der Waals surface area (Å²) in [6.07, 6.45) is 0. The zero-order chi connectivity index (χ0) is 12.3. The van der Waals surface area contributed by atoms with Crippen molar-refractivity contribution in [2.45, 2.75) is 13.8 Å². The normalized spacial score (nSPS) is 9.71. The second-order valence-corrected chi connectivity index (χ2v) is 4.10. The molecule has 0 fully saturated rings. The van der Waals surface area contributed by atoms with Crippen LogP contribution >= 0.6 is 0 Å². The molecule has 0 heterocycles. The molecule has 2 aromatic carbocycles. The first-order valence-corrected chi connectivity index (χ1v) is 5.54. The number of nitrogens with zero attached hydrogens (tertiary/aromatic N) is 1. The molecule has 2 heteroatoms. The molecule has 0 saturated carbocycles. The Bertz CT molecular complexity index is 580. The molecule has 1 N–H and O–H groups in total. The van der Waals surface area contributed by atoms with Crippen LogP contribution in [-0.2, 0) is 0 Å². The van der Waals surface area contributed by atoms with Gasteiger partial charge in [0.15, 0.2) is 0 Å². The van der Waals surface area contributed by atoms with Crippen molar-refractivity contribution in [1.29, 1.82) is 5.26 Å². The SMILES string of the molecule is Cc1cccc(Nc2c(C)cccc2C#N)c1. The first kappa shape index (κ1) is 11.2. The Balaban J connectivity index is 2.40. The Morgan fingerprint density at radius 3 is 2.53 bits per heavy atom. The number of rotatable bonds is 2. The molecule has 2 rings (SSSR count). The Morgan fingerprint density at radius 2 is 1.82 bits per heavy atom. The first-order chi connectivity index (χ1) is 8.20. The van der Waals surface area contributed by atoms with Gasteiger partial charge in [0.1, 0.15) is 6.07 Å². The van der Waals surface area contributed by atoms with Gasteiger partial charge in [0.2, 0.25) is 0 Å². The van der Waals surface area contributed by atoms with Gasteiger partial charge >= 0.3 is 0 Å². The third kappa shape index (κ3) is 2.46. The fourth-order valence-electron chi connectivity index (χ4n) is 1.79. The molecule has 0 aliphatic rings.